The van der Waals surface area contributed by atoms with E-state index in [0.29, 0.717) is 10.6 Å². The topological polar surface area (TPSA) is 87.2 Å². The first-order valence-corrected chi connectivity index (χ1v) is 10.1. The number of nitrogens with zero attached hydrogens (tertiary/aromatic N) is 3. The Balaban J connectivity index is 1.51. The monoisotopic (exact) mass is 421 g/mol. The van der Waals surface area contributed by atoms with Crippen molar-refractivity contribution in [3.05, 3.63) is 59.7 Å². The minimum absolute atomic E-state index is 0.126. The summed E-state index contributed by atoms with van der Waals surface area (Å²) in [6.45, 7) is -0.481. The summed E-state index contributed by atoms with van der Waals surface area (Å²) in [4.78, 5) is 53.8. The van der Waals surface area contributed by atoms with E-state index in [1.807, 2.05) is 18.2 Å². The zero-order chi connectivity index (χ0) is 22.1. The van der Waals surface area contributed by atoms with Crippen molar-refractivity contribution in [2.75, 3.05) is 25.6 Å². The molecule has 0 saturated carbocycles. The van der Waals surface area contributed by atoms with Crippen LogP contribution in [-0.4, -0.2) is 54.3 Å². The molecule has 1 aliphatic carbocycles. The van der Waals surface area contributed by atoms with E-state index in [1.165, 1.54) is 24.8 Å². The number of urea groups is 1. The van der Waals surface area contributed by atoms with Crippen LogP contribution in [0.25, 0.3) is 0 Å². The van der Waals surface area contributed by atoms with Crippen LogP contribution in [0.4, 0.5) is 10.5 Å². The zero-order valence-corrected chi connectivity index (χ0v) is 17.4. The number of hydrogen-bond acceptors (Lipinski definition) is 5. The van der Waals surface area contributed by atoms with Crippen molar-refractivity contribution in [3.63, 3.8) is 0 Å². The summed E-state index contributed by atoms with van der Waals surface area (Å²) in [7, 11) is 3.17. The molecule has 5 amide bonds. The summed E-state index contributed by atoms with van der Waals surface area (Å²) in [6.07, 6.45) is 2.71. The second-order valence-corrected chi connectivity index (χ2v) is 7.62. The van der Waals surface area contributed by atoms with Gasteiger partial charge in [0.25, 0.3) is 0 Å². The number of carbonyl (C=O) groups excluding carboxylic acids is 4. The molecule has 0 radical (unpaired) electrons. The lowest BCUT2D eigenvalue weighted by molar-refractivity contribution is -0.142. The Hall–Kier alpha value is -3.68. The van der Waals surface area contributed by atoms with Gasteiger partial charge in [0.15, 0.2) is 0 Å². The highest BCUT2D eigenvalue weighted by Crippen LogP contribution is 2.33. The number of anilines is 1. The van der Waals surface area contributed by atoms with Gasteiger partial charge in [-0.2, -0.15) is 0 Å². The summed E-state index contributed by atoms with van der Waals surface area (Å²) in [6, 6.07) is 13.2. The lowest BCUT2D eigenvalue weighted by atomic mass is 9.87. The van der Waals surface area contributed by atoms with Crippen LogP contribution >= 0.6 is 0 Å². The first-order chi connectivity index (χ1) is 14.9. The van der Waals surface area contributed by atoms with Crippen molar-refractivity contribution >= 4 is 29.4 Å². The number of rotatable bonds is 5. The van der Waals surface area contributed by atoms with Gasteiger partial charge in [0.1, 0.15) is 12.3 Å². The molecule has 2 aromatic carbocycles. The molecular formula is C23H23N3O5. The van der Waals surface area contributed by atoms with Gasteiger partial charge in [-0.1, -0.05) is 24.3 Å². The maximum atomic E-state index is 13.0. The molecule has 2 aliphatic rings. The third kappa shape index (κ3) is 3.65. The van der Waals surface area contributed by atoms with E-state index in [9.17, 15) is 19.2 Å². The number of likely N-dealkylation sites (N-methyl/N-ethyl adjacent to an activating group) is 1. The second-order valence-electron chi connectivity index (χ2n) is 7.62. The maximum absolute atomic E-state index is 13.0. The van der Waals surface area contributed by atoms with Crippen molar-refractivity contribution in [1.82, 2.24) is 9.80 Å². The molecule has 8 nitrogen and oxygen atoms in total. The van der Waals surface area contributed by atoms with Gasteiger partial charge in [0.2, 0.25) is 5.91 Å². The highest BCUT2D eigenvalue weighted by molar-refractivity contribution is 6.53. The first kappa shape index (κ1) is 20.6. The number of fused-ring (bicyclic) bond motifs is 1. The molecular weight excluding hydrogens is 398 g/mol. The standard InChI is InChI=1S/C23H23N3O5/c1-24(19-9-5-7-15-6-3-4-8-18(15)19)20(27)14-25-21(28)22(29)26(23(25)30)16-10-12-17(31-2)13-11-16/h3-4,6,8,10-13,19H,5,7,9,14H2,1-2H3/t19-/m0/s1. The fraction of sp³-hybridized carbons (Fsp3) is 0.304. The number of amides is 5. The minimum atomic E-state index is -1.01. The number of benzene rings is 2. The van der Waals surface area contributed by atoms with Gasteiger partial charge < -0.3 is 9.64 Å². The molecule has 160 valence electrons. The lowest BCUT2D eigenvalue weighted by Gasteiger charge is -2.34. The number of methoxy groups -OCH3 is 1. The van der Waals surface area contributed by atoms with Gasteiger partial charge >= 0.3 is 17.8 Å². The number of hydrogen-bond donors (Lipinski definition) is 0. The normalized spacial score (nSPS) is 18.3. The van der Waals surface area contributed by atoms with Crippen molar-refractivity contribution in [2.24, 2.45) is 0 Å². The van der Waals surface area contributed by atoms with Crippen LogP contribution in [0, 0.1) is 0 Å². The minimum Gasteiger partial charge on any atom is -0.497 e. The predicted octanol–water partition coefficient (Wildman–Crippen LogP) is 2.53. The molecule has 0 unspecified atom stereocenters. The maximum Gasteiger partial charge on any atom is 0.339 e. The molecule has 2 aromatic rings. The summed E-state index contributed by atoms with van der Waals surface area (Å²) in [5, 5.41) is 0. The molecule has 0 spiro atoms. The Morgan fingerprint density at radius 3 is 2.48 bits per heavy atom. The van der Waals surface area contributed by atoms with Gasteiger partial charge in [0.05, 0.1) is 18.8 Å². The third-order valence-corrected chi connectivity index (χ3v) is 5.88. The molecule has 0 aromatic heterocycles. The summed E-state index contributed by atoms with van der Waals surface area (Å²) >= 11 is 0. The fourth-order valence-electron chi connectivity index (χ4n) is 4.16. The summed E-state index contributed by atoms with van der Waals surface area (Å²) < 4.78 is 5.07. The average Bonchev–Trinajstić information content (AvgIpc) is 3.01. The Kier molecular flexibility index (Phi) is 5.46. The number of ether oxygens (including phenoxy) is 1. The van der Waals surface area contributed by atoms with E-state index < -0.39 is 30.3 Å². The van der Waals surface area contributed by atoms with Gasteiger partial charge in [-0.05, 0) is 54.7 Å². The molecule has 31 heavy (non-hydrogen) atoms. The zero-order valence-electron chi connectivity index (χ0n) is 17.4. The van der Waals surface area contributed by atoms with E-state index in [0.717, 1.165) is 29.7 Å². The van der Waals surface area contributed by atoms with Crippen LogP contribution < -0.4 is 9.64 Å². The predicted molar refractivity (Wildman–Crippen MR) is 112 cm³/mol. The smallest absolute Gasteiger partial charge is 0.339 e. The van der Waals surface area contributed by atoms with E-state index in [-0.39, 0.29) is 11.7 Å². The Labute approximate surface area is 180 Å². The number of carbonyl (C=O) groups is 4. The highest BCUT2D eigenvalue weighted by atomic mass is 16.5. The Morgan fingerprint density at radius 1 is 1.06 bits per heavy atom. The van der Waals surface area contributed by atoms with Crippen LogP contribution in [0.1, 0.15) is 30.0 Å². The van der Waals surface area contributed by atoms with Gasteiger partial charge in [-0.15, -0.1) is 0 Å². The molecule has 0 N–H and O–H groups in total. The molecule has 1 fully saturated rings. The molecule has 8 heteroatoms. The fourth-order valence-corrected chi connectivity index (χ4v) is 4.16. The van der Waals surface area contributed by atoms with Crippen LogP contribution in [-0.2, 0) is 20.8 Å². The van der Waals surface area contributed by atoms with Crippen LogP contribution in [0.5, 0.6) is 5.75 Å². The summed E-state index contributed by atoms with van der Waals surface area (Å²) in [5.74, 6) is -1.83. The van der Waals surface area contributed by atoms with Gasteiger partial charge in [0, 0.05) is 7.05 Å². The van der Waals surface area contributed by atoms with Crippen molar-refractivity contribution in [2.45, 2.75) is 25.3 Å². The molecule has 4 rings (SSSR count). The SMILES string of the molecule is COc1ccc(N2C(=O)C(=O)N(CC(=O)N(C)[C@H]3CCCc4ccccc43)C2=O)cc1. The molecule has 1 aliphatic heterocycles. The van der Waals surface area contributed by atoms with Crippen LogP contribution in [0.15, 0.2) is 48.5 Å². The molecule has 1 atom stereocenters. The molecule has 0 bridgehead atoms. The quantitative estimate of drug-likeness (QED) is 0.547. The molecule has 1 heterocycles. The van der Waals surface area contributed by atoms with Crippen molar-refractivity contribution in [1.29, 1.82) is 0 Å². The lowest BCUT2D eigenvalue weighted by Crippen LogP contribution is -2.43. The largest absolute Gasteiger partial charge is 0.497 e. The van der Waals surface area contributed by atoms with Crippen molar-refractivity contribution in [3.8, 4) is 5.75 Å². The Morgan fingerprint density at radius 2 is 1.77 bits per heavy atom. The number of imide groups is 2. The van der Waals surface area contributed by atoms with Gasteiger partial charge in [-0.3, -0.25) is 14.4 Å². The Bertz CT molecular complexity index is 1050. The average molecular weight is 421 g/mol. The summed E-state index contributed by atoms with van der Waals surface area (Å²) in [5.41, 5.74) is 2.53. The highest BCUT2D eigenvalue weighted by Gasteiger charge is 2.46. The van der Waals surface area contributed by atoms with Gasteiger partial charge in [-0.25, -0.2) is 14.6 Å². The van der Waals surface area contributed by atoms with Crippen LogP contribution in [0.2, 0.25) is 0 Å². The first-order valence-electron chi connectivity index (χ1n) is 10.1. The van der Waals surface area contributed by atoms with E-state index in [4.69, 9.17) is 4.74 Å². The third-order valence-electron chi connectivity index (χ3n) is 5.88. The van der Waals surface area contributed by atoms with E-state index in [2.05, 4.69) is 6.07 Å². The van der Waals surface area contributed by atoms with E-state index >= 15 is 0 Å². The number of aryl methyl sites for hydroxylation is 1. The van der Waals surface area contributed by atoms with Crippen molar-refractivity contribution < 1.29 is 23.9 Å². The van der Waals surface area contributed by atoms with Crippen LogP contribution in [0.3, 0.4) is 0 Å². The second kappa shape index (κ2) is 8.22. The van der Waals surface area contributed by atoms with E-state index in [1.54, 1.807) is 24.1 Å². The molecule has 1 saturated heterocycles.